The number of methoxy groups -OCH3 is 1. The van der Waals surface area contributed by atoms with Crippen molar-refractivity contribution in [2.45, 2.75) is 71.3 Å². The summed E-state index contributed by atoms with van der Waals surface area (Å²) in [6, 6.07) is 16.2. The molecule has 9 heteroatoms. The maximum absolute atomic E-state index is 6.32. The summed E-state index contributed by atoms with van der Waals surface area (Å²) in [5.41, 5.74) is 2.24. The van der Waals surface area contributed by atoms with E-state index in [0.717, 1.165) is 59.3 Å². The number of ether oxygens (including phenoxy) is 3. The van der Waals surface area contributed by atoms with E-state index in [-0.39, 0.29) is 18.5 Å². The number of nitrogens with one attached hydrogen (secondary N) is 1. The van der Waals surface area contributed by atoms with Gasteiger partial charge in [0.25, 0.3) is 0 Å². The first-order chi connectivity index (χ1) is 18.5. The van der Waals surface area contributed by atoms with E-state index in [4.69, 9.17) is 24.2 Å². The van der Waals surface area contributed by atoms with Crippen LogP contribution in [0.3, 0.4) is 0 Å². The molecule has 0 spiro atoms. The predicted molar refractivity (Wildman–Crippen MR) is 155 cm³/mol. The highest BCUT2D eigenvalue weighted by molar-refractivity contribution is 5.85. The van der Waals surface area contributed by atoms with Gasteiger partial charge < -0.3 is 24.1 Å². The molecule has 39 heavy (non-hydrogen) atoms. The molecule has 1 aliphatic carbocycles. The van der Waals surface area contributed by atoms with Gasteiger partial charge in [-0.1, -0.05) is 36.4 Å². The molecular weight excluding hydrogens is 514 g/mol. The molecule has 0 amide bonds. The largest absolute Gasteiger partial charge is 0.493 e. The second-order valence-electron chi connectivity index (χ2n) is 10.3. The van der Waals surface area contributed by atoms with Crippen LogP contribution in [-0.2, 0) is 23.5 Å². The van der Waals surface area contributed by atoms with E-state index in [0.29, 0.717) is 19.0 Å². The van der Waals surface area contributed by atoms with Crippen LogP contribution in [0.25, 0.3) is 11.5 Å². The topological polar surface area (TPSA) is 83.3 Å². The lowest BCUT2D eigenvalue weighted by molar-refractivity contribution is -0.0393. The van der Waals surface area contributed by atoms with E-state index < -0.39 is 5.60 Å². The number of hydrogen-bond donors (Lipinski definition) is 1. The van der Waals surface area contributed by atoms with Crippen LogP contribution in [0.2, 0.25) is 0 Å². The lowest BCUT2D eigenvalue weighted by Gasteiger charge is -2.22. The van der Waals surface area contributed by atoms with E-state index in [1.54, 1.807) is 7.11 Å². The van der Waals surface area contributed by atoms with E-state index in [2.05, 4.69) is 34.6 Å². The predicted octanol–water partition coefficient (Wildman–Crippen LogP) is 6.46. The van der Waals surface area contributed by atoms with Crippen LogP contribution < -0.4 is 14.8 Å². The smallest absolute Gasteiger partial charge is 0.166 e. The number of benzene rings is 2. The normalized spacial score (nSPS) is 13.8. The molecule has 2 heterocycles. The van der Waals surface area contributed by atoms with Crippen LogP contribution >= 0.6 is 12.4 Å². The molecule has 0 radical (unpaired) electrons. The monoisotopic (exact) mass is 551 g/mol. The minimum absolute atomic E-state index is 0. The van der Waals surface area contributed by atoms with Gasteiger partial charge in [0.05, 0.1) is 32.7 Å². The number of fused-ring (bicyclic) bond motifs is 1. The Hall–Kier alpha value is -3.36. The lowest BCUT2D eigenvalue weighted by atomic mass is 10.1. The Morgan fingerprint density at radius 1 is 1.00 bits per heavy atom. The average Bonchev–Trinajstić information content (AvgIpc) is 3.61. The number of nitrogens with zero attached hydrogens (tertiary/aromatic N) is 4. The van der Waals surface area contributed by atoms with Crippen LogP contribution in [0.5, 0.6) is 11.5 Å². The zero-order valence-corrected chi connectivity index (χ0v) is 24.0. The van der Waals surface area contributed by atoms with Gasteiger partial charge in [-0.05, 0) is 69.7 Å². The second kappa shape index (κ2) is 12.7. The van der Waals surface area contributed by atoms with Crippen LogP contribution in [0, 0.1) is 0 Å². The molecular formula is C30H38ClN5O3. The highest BCUT2D eigenvalue weighted by Gasteiger charge is 2.31. The zero-order valence-electron chi connectivity index (χ0n) is 23.1. The summed E-state index contributed by atoms with van der Waals surface area (Å²) < 4.78 is 20.2. The van der Waals surface area contributed by atoms with E-state index in [1.165, 1.54) is 12.8 Å². The van der Waals surface area contributed by atoms with Gasteiger partial charge in [0, 0.05) is 6.54 Å². The van der Waals surface area contributed by atoms with Gasteiger partial charge in [0.1, 0.15) is 5.60 Å². The first kappa shape index (κ1) is 28.6. The Morgan fingerprint density at radius 2 is 1.77 bits per heavy atom. The molecule has 1 N–H and O–H groups in total. The molecule has 2 aromatic rings. The van der Waals surface area contributed by atoms with Crippen molar-refractivity contribution in [3.8, 4) is 23.0 Å². The number of aromatic nitrogens is 4. The maximum atomic E-state index is 6.32. The molecule has 0 saturated heterocycles. The summed E-state index contributed by atoms with van der Waals surface area (Å²) in [5, 5.41) is 3.32. The van der Waals surface area contributed by atoms with Crippen molar-refractivity contribution < 1.29 is 14.2 Å². The van der Waals surface area contributed by atoms with Crippen molar-refractivity contribution in [3.63, 3.8) is 0 Å². The van der Waals surface area contributed by atoms with Crippen molar-refractivity contribution in [2.24, 2.45) is 0 Å². The quantitative estimate of drug-likeness (QED) is 0.229. The molecule has 2 aliphatic heterocycles. The Bertz CT molecular complexity index is 1320. The highest BCUT2D eigenvalue weighted by Crippen LogP contribution is 2.35. The Balaban J connectivity index is 0.00000353. The van der Waals surface area contributed by atoms with E-state index in [1.807, 2.05) is 55.9 Å². The first-order valence-electron chi connectivity index (χ1n) is 13.5. The van der Waals surface area contributed by atoms with Gasteiger partial charge >= 0.3 is 0 Å². The van der Waals surface area contributed by atoms with Gasteiger partial charge in [0.2, 0.25) is 0 Å². The molecule has 0 atom stereocenters. The van der Waals surface area contributed by atoms with Crippen LogP contribution in [-0.4, -0.2) is 39.3 Å². The third-order valence-electron chi connectivity index (χ3n) is 6.97. The fourth-order valence-electron chi connectivity index (χ4n) is 4.81. The third-order valence-corrected chi connectivity index (χ3v) is 6.97. The number of imidazole rings is 1. The Kier molecular flexibility index (Phi) is 9.30. The molecule has 5 rings (SSSR count). The fourth-order valence-corrected chi connectivity index (χ4v) is 4.81. The maximum Gasteiger partial charge on any atom is 0.166 e. The number of hydrogen-bond acceptors (Lipinski definition) is 7. The van der Waals surface area contributed by atoms with Crippen molar-refractivity contribution in [1.29, 1.82) is 0 Å². The molecule has 2 aromatic carbocycles. The van der Waals surface area contributed by atoms with E-state index >= 15 is 0 Å². The fraction of sp³-hybridized carbons (Fsp3) is 0.433. The number of halogens is 1. The molecule has 1 fully saturated rings. The van der Waals surface area contributed by atoms with Crippen molar-refractivity contribution >= 4 is 18.2 Å². The van der Waals surface area contributed by atoms with Crippen molar-refractivity contribution in [2.75, 3.05) is 19.0 Å². The summed E-state index contributed by atoms with van der Waals surface area (Å²) in [6.07, 6.45) is 6.68. The molecule has 0 unspecified atom stereocenters. The minimum atomic E-state index is -0.682. The van der Waals surface area contributed by atoms with E-state index in [9.17, 15) is 0 Å². The van der Waals surface area contributed by atoms with Crippen LogP contribution in [0.1, 0.15) is 63.4 Å². The molecule has 208 valence electrons. The lowest BCUT2D eigenvalue weighted by Crippen LogP contribution is -2.23. The SMILES string of the molecule is CCNc1ncn(Cc2ccc(OC)c(OC3CCCC3)c2)c2nc(C(C)(C)OCc3ccccc3)nc1-2.Cl. The van der Waals surface area contributed by atoms with Gasteiger partial charge in [-0.15, -0.1) is 12.4 Å². The zero-order chi connectivity index (χ0) is 26.5. The Labute approximate surface area is 236 Å². The third kappa shape index (κ3) is 6.62. The van der Waals surface area contributed by atoms with Crippen molar-refractivity contribution in [1.82, 2.24) is 19.5 Å². The number of anilines is 1. The molecule has 3 aliphatic rings. The summed E-state index contributed by atoms with van der Waals surface area (Å²) in [7, 11) is 1.68. The van der Waals surface area contributed by atoms with Crippen molar-refractivity contribution in [3.05, 3.63) is 71.8 Å². The number of rotatable bonds is 11. The van der Waals surface area contributed by atoms with Gasteiger partial charge in [-0.2, -0.15) is 0 Å². The standard InChI is InChI=1S/C30H37N5O3.ClH/c1-5-31-27-26-28(34-29(33-26)30(2,3)37-19-21-11-7-6-8-12-21)35(20-32-27)18-22-15-16-24(36-4)25(17-22)38-23-13-9-10-14-23;/h6-8,11-12,15-17,20,23,31H,5,9-10,13-14,18-19H2,1-4H3;1H. The Morgan fingerprint density at radius 3 is 2.49 bits per heavy atom. The second-order valence-corrected chi connectivity index (χ2v) is 10.3. The summed E-state index contributed by atoms with van der Waals surface area (Å²) >= 11 is 0. The van der Waals surface area contributed by atoms with Gasteiger partial charge in [0.15, 0.2) is 34.7 Å². The summed E-state index contributed by atoms with van der Waals surface area (Å²) in [4.78, 5) is 14.5. The first-order valence-corrected chi connectivity index (χ1v) is 13.5. The minimum Gasteiger partial charge on any atom is -0.493 e. The van der Waals surface area contributed by atoms with Gasteiger partial charge in [-0.3, -0.25) is 0 Å². The van der Waals surface area contributed by atoms with Crippen LogP contribution in [0.4, 0.5) is 5.82 Å². The van der Waals surface area contributed by atoms with Crippen LogP contribution in [0.15, 0.2) is 54.9 Å². The highest BCUT2D eigenvalue weighted by atomic mass is 35.5. The van der Waals surface area contributed by atoms with Gasteiger partial charge in [-0.25, -0.2) is 15.0 Å². The molecule has 8 nitrogen and oxygen atoms in total. The summed E-state index contributed by atoms with van der Waals surface area (Å²) in [5.74, 6) is 3.65. The molecule has 1 saturated carbocycles. The molecule has 0 aromatic heterocycles. The summed E-state index contributed by atoms with van der Waals surface area (Å²) in [6.45, 7) is 7.84. The average molecular weight is 552 g/mol. The molecule has 0 bridgehead atoms.